The molecule has 1 aliphatic heterocycles. The Morgan fingerprint density at radius 1 is 1.52 bits per heavy atom. The number of carbonyl (C=O) groups excluding carboxylic acids is 2. The Hall–Kier alpha value is -1.94. The summed E-state index contributed by atoms with van der Waals surface area (Å²) in [7, 11) is 0. The third kappa shape index (κ3) is 6.37. The average Bonchev–Trinajstić information content (AvgIpc) is 2.90. The van der Waals surface area contributed by atoms with Crippen molar-refractivity contribution in [3.8, 4) is 0 Å². The highest BCUT2D eigenvalue weighted by Gasteiger charge is 2.35. The fourth-order valence-corrected chi connectivity index (χ4v) is 2.63. The summed E-state index contributed by atoms with van der Waals surface area (Å²) in [6.45, 7) is 3.85. The van der Waals surface area contributed by atoms with Crippen LogP contribution in [0.5, 0.6) is 0 Å². The van der Waals surface area contributed by atoms with Crippen molar-refractivity contribution >= 4 is 30.6 Å². The summed E-state index contributed by atoms with van der Waals surface area (Å²) in [6, 6.07) is -0.910. The summed E-state index contributed by atoms with van der Waals surface area (Å²) < 4.78 is 5.01. The lowest BCUT2D eigenvalue weighted by molar-refractivity contribution is 0.109. The van der Waals surface area contributed by atoms with Crippen molar-refractivity contribution in [2.75, 3.05) is 26.3 Å². The summed E-state index contributed by atoms with van der Waals surface area (Å²) in [5.74, 6) is 0.00870. The van der Waals surface area contributed by atoms with Crippen molar-refractivity contribution in [2.45, 2.75) is 24.1 Å². The quantitative estimate of drug-likeness (QED) is 0.117. The number of carbonyl (C=O) groups is 2. The molecular weight excluding hydrogens is 324 g/mol. The van der Waals surface area contributed by atoms with E-state index in [2.05, 4.69) is 35.0 Å². The topological polar surface area (TPSA) is 123 Å². The van der Waals surface area contributed by atoms with Gasteiger partial charge in [-0.3, -0.25) is 5.32 Å². The normalized spacial score (nSPS) is 21.0. The van der Waals surface area contributed by atoms with Gasteiger partial charge in [-0.15, -0.1) is 0 Å². The van der Waals surface area contributed by atoms with Crippen LogP contribution in [0, 0.1) is 0 Å². The van der Waals surface area contributed by atoms with Crippen LogP contribution in [0.15, 0.2) is 17.8 Å². The van der Waals surface area contributed by atoms with Gasteiger partial charge in [-0.25, -0.2) is 9.59 Å². The minimum absolute atomic E-state index is 0.00870. The number of nitrogens with zero attached hydrogens (tertiary/aromatic N) is 2. The van der Waals surface area contributed by atoms with Gasteiger partial charge in [0.25, 0.3) is 0 Å². The minimum Gasteiger partial charge on any atom is -0.445 e. The zero-order chi connectivity index (χ0) is 17.2. The fraction of sp³-hybridized carbons (Fsp3) is 0.615. The highest BCUT2D eigenvalue weighted by molar-refractivity contribution is 7.81. The van der Waals surface area contributed by atoms with Crippen LogP contribution in [0.1, 0.15) is 12.8 Å². The first-order valence-corrected chi connectivity index (χ1v) is 7.62. The summed E-state index contributed by atoms with van der Waals surface area (Å²) in [5, 5.41) is 25.4. The molecule has 2 atom stereocenters. The van der Waals surface area contributed by atoms with Crippen molar-refractivity contribution in [3.05, 3.63) is 12.7 Å². The van der Waals surface area contributed by atoms with E-state index in [1.54, 1.807) is 0 Å². The predicted molar refractivity (Wildman–Crippen MR) is 86.9 cm³/mol. The molecule has 0 saturated carbocycles. The molecule has 0 aliphatic carbocycles. The predicted octanol–water partition coefficient (Wildman–Crippen LogP) is 0.151. The van der Waals surface area contributed by atoms with E-state index in [0.29, 0.717) is 13.0 Å². The Bertz CT molecular complexity index is 460. The third-order valence-electron chi connectivity index (χ3n) is 3.16. The number of nitrogens with one attached hydrogen (secondary N) is 2. The van der Waals surface area contributed by atoms with E-state index in [9.17, 15) is 9.59 Å². The molecular formula is C13H22N4O5S. The monoisotopic (exact) mass is 346 g/mol. The molecule has 130 valence electrons. The van der Waals surface area contributed by atoms with Crippen LogP contribution in [0.3, 0.4) is 0 Å². The second-order valence-electron chi connectivity index (χ2n) is 4.92. The molecule has 1 heterocycles. The number of oxime groups is 1. The van der Waals surface area contributed by atoms with E-state index >= 15 is 0 Å². The zero-order valence-electron chi connectivity index (χ0n) is 12.6. The van der Waals surface area contributed by atoms with Gasteiger partial charge >= 0.3 is 12.1 Å². The second kappa shape index (κ2) is 9.95. The largest absolute Gasteiger partial charge is 0.445 e. The first kappa shape index (κ1) is 19.1. The number of aliphatic hydroxyl groups is 1. The van der Waals surface area contributed by atoms with Crippen LogP contribution >= 0.6 is 12.6 Å². The standard InChI is InChI=1S/C13H22N4O5S/c1-2-5-22-13(20)17-8-10(23)6-9(17)7-11(16-21)15-12(19)14-3-4-18/h2,9-10,18,21,23H,1,3-8H2,(H2,14,15,16,19)/t9-,10-/m0/s1. The Morgan fingerprint density at radius 3 is 2.87 bits per heavy atom. The molecule has 0 aromatic rings. The molecule has 23 heavy (non-hydrogen) atoms. The Morgan fingerprint density at radius 2 is 2.26 bits per heavy atom. The number of thiol groups is 1. The van der Waals surface area contributed by atoms with E-state index in [0.717, 1.165) is 0 Å². The lowest BCUT2D eigenvalue weighted by atomic mass is 10.1. The number of hydrogen-bond donors (Lipinski definition) is 5. The van der Waals surface area contributed by atoms with Crippen LogP contribution in [0.25, 0.3) is 0 Å². The van der Waals surface area contributed by atoms with Crippen molar-refractivity contribution in [1.29, 1.82) is 0 Å². The molecule has 0 unspecified atom stereocenters. The van der Waals surface area contributed by atoms with Gasteiger partial charge in [0, 0.05) is 30.8 Å². The second-order valence-corrected chi connectivity index (χ2v) is 5.65. The van der Waals surface area contributed by atoms with Crippen LogP contribution in [-0.2, 0) is 4.74 Å². The molecule has 3 amide bonds. The van der Waals surface area contributed by atoms with Crippen molar-refractivity contribution < 1.29 is 24.6 Å². The number of ether oxygens (including phenoxy) is 1. The van der Waals surface area contributed by atoms with Gasteiger partial charge in [0.05, 0.1) is 6.61 Å². The number of amides is 3. The SMILES string of the molecule is C=CCOC(=O)N1C[C@@H](S)C[C@H]1C/C(=N/O)NC(=O)NCCO. The number of hydrogen-bond acceptors (Lipinski definition) is 7. The van der Waals surface area contributed by atoms with Crippen LogP contribution in [0.2, 0.25) is 0 Å². The smallest absolute Gasteiger partial charge is 0.410 e. The van der Waals surface area contributed by atoms with Gasteiger partial charge in [0.1, 0.15) is 6.61 Å². The number of aliphatic hydroxyl groups excluding tert-OH is 1. The first-order chi connectivity index (χ1) is 11.0. The average molecular weight is 346 g/mol. The summed E-state index contributed by atoms with van der Waals surface area (Å²) in [4.78, 5) is 25.0. The number of likely N-dealkylation sites (tertiary alicyclic amines) is 1. The Kier molecular flexibility index (Phi) is 8.27. The zero-order valence-corrected chi connectivity index (χ0v) is 13.5. The fourth-order valence-electron chi connectivity index (χ4n) is 2.21. The highest BCUT2D eigenvalue weighted by atomic mass is 32.1. The number of urea groups is 1. The lowest BCUT2D eigenvalue weighted by Crippen LogP contribution is -2.44. The van der Waals surface area contributed by atoms with Gasteiger partial charge < -0.3 is 25.3 Å². The van der Waals surface area contributed by atoms with Crippen molar-refractivity contribution in [2.24, 2.45) is 5.16 Å². The molecule has 0 spiro atoms. The van der Waals surface area contributed by atoms with E-state index in [1.807, 2.05) is 0 Å². The molecule has 1 saturated heterocycles. The summed E-state index contributed by atoms with van der Waals surface area (Å²) in [6.07, 6.45) is 1.68. The number of rotatable bonds is 6. The molecule has 10 heteroatoms. The molecule has 1 rings (SSSR count). The van der Waals surface area contributed by atoms with Crippen LogP contribution in [0.4, 0.5) is 9.59 Å². The van der Waals surface area contributed by atoms with Crippen LogP contribution in [-0.4, -0.2) is 70.8 Å². The summed E-state index contributed by atoms with van der Waals surface area (Å²) >= 11 is 4.36. The van der Waals surface area contributed by atoms with Gasteiger partial charge in [0.15, 0.2) is 5.84 Å². The molecule has 4 N–H and O–H groups in total. The molecule has 0 aromatic heterocycles. The lowest BCUT2D eigenvalue weighted by Gasteiger charge is -2.23. The van der Waals surface area contributed by atoms with Gasteiger partial charge in [-0.05, 0) is 6.42 Å². The molecule has 0 bridgehead atoms. The Labute approximate surface area is 139 Å². The first-order valence-electron chi connectivity index (χ1n) is 7.10. The molecule has 9 nitrogen and oxygen atoms in total. The van der Waals surface area contributed by atoms with Crippen LogP contribution < -0.4 is 10.6 Å². The number of amidine groups is 1. The van der Waals surface area contributed by atoms with Gasteiger partial charge in [0.2, 0.25) is 0 Å². The molecule has 0 radical (unpaired) electrons. The maximum absolute atomic E-state index is 12.0. The minimum atomic E-state index is -0.604. The maximum atomic E-state index is 12.0. The molecule has 1 fully saturated rings. The van der Waals surface area contributed by atoms with E-state index in [1.165, 1.54) is 11.0 Å². The third-order valence-corrected chi connectivity index (χ3v) is 3.53. The van der Waals surface area contributed by atoms with E-state index < -0.39 is 12.1 Å². The van der Waals surface area contributed by atoms with Gasteiger partial charge in [-0.1, -0.05) is 17.8 Å². The molecule has 0 aromatic carbocycles. The van der Waals surface area contributed by atoms with Crippen molar-refractivity contribution in [1.82, 2.24) is 15.5 Å². The van der Waals surface area contributed by atoms with E-state index in [4.69, 9.17) is 15.1 Å². The van der Waals surface area contributed by atoms with Gasteiger partial charge in [-0.2, -0.15) is 12.6 Å². The van der Waals surface area contributed by atoms with Crippen molar-refractivity contribution in [3.63, 3.8) is 0 Å². The maximum Gasteiger partial charge on any atom is 0.410 e. The van der Waals surface area contributed by atoms with E-state index in [-0.39, 0.29) is 43.3 Å². The highest BCUT2D eigenvalue weighted by Crippen LogP contribution is 2.25. The molecule has 1 aliphatic rings. The Balaban J connectivity index is 2.61. The summed E-state index contributed by atoms with van der Waals surface area (Å²) in [5.41, 5.74) is 0.